The molecule has 0 saturated carbocycles. The van der Waals surface area contributed by atoms with E-state index in [4.69, 9.17) is 9.73 Å². The average Bonchev–Trinajstić information content (AvgIpc) is 3.36. The molecule has 4 rings (SSSR count). The number of fused-ring (bicyclic) bond motifs is 1. The fourth-order valence-corrected chi connectivity index (χ4v) is 4.00. The van der Waals surface area contributed by atoms with Crippen LogP contribution in [0.15, 0.2) is 36.2 Å². The number of H-pyrrole nitrogens is 1. The van der Waals surface area contributed by atoms with Crippen molar-refractivity contribution in [2.75, 3.05) is 33.3 Å². The van der Waals surface area contributed by atoms with E-state index in [9.17, 15) is 0 Å². The average molecular weight is 408 g/mol. The number of ether oxygens (including phenoxy) is 1. The summed E-state index contributed by atoms with van der Waals surface area (Å²) in [4.78, 5) is 15.2. The Morgan fingerprint density at radius 2 is 2.10 bits per heavy atom. The first-order valence-corrected chi connectivity index (χ1v) is 10.3. The molecule has 0 aliphatic carbocycles. The quantitative estimate of drug-likeness (QED) is 0.501. The van der Waals surface area contributed by atoms with Gasteiger partial charge in [-0.05, 0) is 25.0 Å². The number of nitrogens with zero attached hydrogens (tertiary/aromatic N) is 5. The number of aromatic nitrogens is 4. The Kier molecular flexibility index (Phi) is 5.59. The van der Waals surface area contributed by atoms with E-state index in [0.29, 0.717) is 11.4 Å². The number of aromatic amines is 1. The Bertz CT molecular complexity index is 1090. The largest absolute Gasteiger partial charge is 0.493 e. The van der Waals surface area contributed by atoms with E-state index in [0.717, 1.165) is 54.7 Å². The lowest BCUT2D eigenvalue weighted by atomic mass is 9.98. The minimum Gasteiger partial charge on any atom is -0.493 e. The molecule has 4 heterocycles. The first-order valence-electron chi connectivity index (χ1n) is 10.3. The van der Waals surface area contributed by atoms with E-state index in [-0.39, 0.29) is 5.92 Å². The topological polar surface area (TPSA) is 82.8 Å². The molecule has 1 aliphatic rings. The predicted octanol–water partition coefficient (Wildman–Crippen LogP) is 3.29. The van der Waals surface area contributed by atoms with Crippen molar-refractivity contribution in [2.45, 2.75) is 26.7 Å². The Hall–Kier alpha value is -3.13. The van der Waals surface area contributed by atoms with Gasteiger partial charge in [0.2, 0.25) is 0 Å². The minimum atomic E-state index is 0.273. The van der Waals surface area contributed by atoms with Crippen LogP contribution in [0, 0.1) is 6.92 Å². The molecule has 2 N–H and O–H groups in total. The third-order valence-electron chi connectivity index (χ3n) is 5.47. The Morgan fingerprint density at radius 1 is 1.33 bits per heavy atom. The third kappa shape index (κ3) is 3.59. The Labute approximate surface area is 176 Å². The van der Waals surface area contributed by atoms with Crippen LogP contribution in [0.2, 0.25) is 0 Å². The molecule has 0 aromatic carbocycles. The minimum absolute atomic E-state index is 0.273. The number of pyridine rings is 1. The monoisotopic (exact) mass is 407 g/mol. The highest BCUT2D eigenvalue weighted by Crippen LogP contribution is 2.40. The van der Waals surface area contributed by atoms with Crippen molar-refractivity contribution < 1.29 is 4.74 Å². The number of piperazine rings is 1. The van der Waals surface area contributed by atoms with Crippen LogP contribution in [0.4, 0.5) is 5.69 Å². The number of methoxy groups -OCH3 is 1. The van der Waals surface area contributed by atoms with Crippen molar-refractivity contribution in [1.29, 1.82) is 0 Å². The normalized spacial score (nSPS) is 15.2. The summed E-state index contributed by atoms with van der Waals surface area (Å²) >= 11 is 0. The van der Waals surface area contributed by atoms with Crippen molar-refractivity contribution in [3.8, 4) is 17.0 Å². The SMILES string of the molecule is C=CC(=Nc1c(C)[nH]c(-c2cc(OC)c3ncnn3c2)c1C(C)C)N1CCNCC1. The zero-order valence-electron chi connectivity index (χ0n) is 18.1. The van der Waals surface area contributed by atoms with Crippen molar-refractivity contribution in [1.82, 2.24) is 29.8 Å². The highest BCUT2D eigenvalue weighted by molar-refractivity contribution is 5.95. The summed E-state index contributed by atoms with van der Waals surface area (Å²) in [6.07, 6.45) is 5.36. The summed E-state index contributed by atoms with van der Waals surface area (Å²) in [7, 11) is 1.65. The predicted molar refractivity (Wildman–Crippen MR) is 120 cm³/mol. The lowest BCUT2D eigenvalue weighted by Gasteiger charge is -2.29. The molecule has 0 spiro atoms. The molecule has 0 unspecified atom stereocenters. The highest BCUT2D eigenvalue weighted by atomic mass is 16.5. The number of hydrogen-bond donors (Lipinski definition) is 2. The third-order valence-corrected chi connectivity index (χ3v) is 5.47. The zero-order chi connectivity index (χ0) is 21.3. The smallest absolute Gasteiger partial charge is 0.197 e. The summed E-state index contributed by atoms with van der Waals surface area (Å²) in [5, 5.41) is 7.68. The van der Waals surface area contributed by atoms with Crippen molar-refractivity contribution in [3.63, 3.8) is 0 Å². The molecule has 1 aliphatic heterocycles. The van der Waals surface area contributed by atoms with Crippen LogP contribution in [-0.4, -0.2) is 63.6 Å². The lowest BCUT2D eigenvalue weighted by Crippen LogP contribution is -2.45. The second-order valence-corrected chi connectivity index (χ2v) is 7.78. The fourth-order valence-electron chi connectivity index (χ4n) is 4.00. The van der Waals surface area contributed by atoms with E-state index in [1.807, 2.05) is 18.3 Å². The van der Waals surface area contributed by atoms with E-state index < -0.39 is 0 Å². The van der Waals surface area contributed by atoms with Crippen LogP contribution in [-0.2, 0) is 0 Å². The molecule has 158 valence electrons. The second-order valence-electron chi connectivity index (χ2n) is 7.78. The molecule has 8 nitrogen and oxygen atoms in total. The summed E-state index contributed by atoms with van der Waals surface area (Å²) in [5.74, 6) is 1.87. The summed E-state index contributed by atoms with van der Waals surface area (Å²) < 4.78 is 7.30. The maximum absolute atomic E-state index is 5.56. The first kappa shape index (κ1) is 20.2. The number of nitrogens with one attached hydrogen (secondary N) is 2. The molecule has 0 radical (unpaired) electrons. The molecule has 0 amide bonds. The first-order chi connectivity index (χ1) is 14.5. The maximum Gasteiger partial charge on any atom is 0.197 e. The number of hydrogen-bond acceptors (Lipinski definition) is 5. The summed E-state index contributed by atoms with van der Waals surface area (Å²) in [6, 6.07) is 2.00. The van der Waals surface area contributed by atoms with E-state index in [1.165, 1.54) is 11.9 Å². The molecule has 3 aromatic rings. The molecule has 1 fully saturated rings. The summed E-state index contributed by atoms with van der Waals surface area (Å²) in [5.41, 5.74) is 5.89. The molecule has 30 heavy (non-hydrogen) atoms. The van der Waals surface area contributed by atoms with Gasteiger partial charge in [0.1, 0.15) is 12.2 Å². The van der Waals surface area contributed by atoms with Crippen molar-refractivity contribution in [3.05, 3.63) is 42.5 Å². The van der Waals surface area contributed by atoms with Crippen molar-refractivity contribution >= 4 is 17.2 Å². The Morgan fingerprint density at radius 3 is 2.77 bits per heavy atom. The molecule has 0 atom stereocenters. The van der Waals surface area contributed by atoms with E-state index in [1.54, 1.807) is 11.6 Å². The van der Waals surface area contributed by atoms with Crippen LogP contribution in [0.5, 0.6) is 5.75 Å². The van der Waals surface area contributed by atoms with Gasteiger partial charge in [-0.3, -0.25) is 0 Å². The van der Waals surface area contributed by atoms with Gasteiger partial charge in [0.25, 0.3) is 0 Å². The standard InChI is InChI=1S/C22H29N7O/c1-6-18(28-9-7-23-8-10-28)27-20-15(4)26-21(19(20)14(2)3)16-11-17(30-5)22-24-13-25-29(22)12-16/h6,11-14,23,26H,1,7-10H2,2-5H3. The second kappa shape index (κ2) is 8.31. The molecule has 3 aromatic heterocycles. The maximum atomic E-state index is 5.56. The number of rotatable bonds is 5. The van der Waals surface area contributed by atoms with E-state index in [2.05, 4.69) is 52.6 Å². The van der Waals surface area contributed by atoms with Crippen molar-refractivity contribution in [2.24, 2.45) is 4.99 Å². The molecule has 1 saturated heterocycles. The van der Waals surface area contributed by atoms with Crippen LogP contribution in [0.25, 0.3) is 16.9 Å². The van der Waals surface area contributed by atoms with Gasteiger partial charge >= 0.3 is 0 Å². The van der Waals surface area contributed by atoms with Gasteiger partial charge in [0.15, 0.2) is 11.4 Å². The van der Waals surface area contributed by atoms with Gasteiger partial charge in [-0.2, -0.15) is 5.10 Å². The molecular formula is C22H29N7O. The molecule has 8 heteroatoms. The van der Waals surface area contributed by atoms with Crippen LogP contribution < -0.4 is 10.1 Å². The van der Waals surface area contributed by atoms with Crippen LogP contribution >= 0.6 is 0 Å². The zero-order valence-corrected chi connectivity index (χ0v) is 18.1. The van der Waals surface area contributed by atoms with Gasteiger partial charge in [0.05, 0.1) is 18.5 Å². The lowest BCUT2D eigenvalue weighted by molar-refractivity contribution is 0.359. The van der Waals surface area contributed by atoms with Gasteiger partial charge in [0, 0.05) is 49.2 Å². The number of amidine groups is 1. The summed E-state index contributed by atoms with van der Waals surface area (Å²) in [6.45, 7) is 14.2. The fraction of sp³-hybridized carbons (Fsp3) is 0.409. The van der Waals surface area contributed by atoms with Gasteiger partial charge in [-0.25, -0.2) is 14.5 Å². The molecule has 0 bridgehead atoms. The number of aliphatic imine (C=N–C) groups is 1. The van der Waals surface area contributed by atoms with E-state index >= 15 is 0 Å². The van der Waals surface area contributed by atoms with Crippen LogP contribution in [0.1, 0.15) is 31.0 Å². The highest BCUT2D eigenvalue weighted by Gasteiger charge is 2.22. The van der Waals surface area contributed by atoms with Gasteiger partial charge in [-0.1, -0.05) is 20.4 Å². The Balaban J connectivity index is 1.85. The van der Waals surface area contributed by atoms with Gasteiger partial charge in [-0.15, -0.1) is 0 Å². The van der Waals surface area contributed by atoms with Gasteiger partial charge < -0.3 is 19.9 Å². The van der Waals surface area contributed by atoms with Crippen LogP contribution in [0.3, 0.4) is 0 Å². The number of aryl methyl sites for hydroxylation is 1. The molecular weight excluding hydrogens is 378 g/mol.